The van der Waals surface area contributed by atoms with Gasteiger partial charge in [0.25, 0.3) is 0 Å². The number of aliphatic hydroxyl groups is 1. The van der Waals surface area contributed by atoms with E-state index in [2.05, 4.69) is 25.1 Å². The van der Waals surface area contributed by atoms with Gasteiger partial charge in [0, 0.05) is 5.92 Å². The Morgan fingerprint density at radius 1 is 1.40 bits per heavy atom. The summed E-state index contributed by atoms with van der Waals surface area (Å²) >= 11 is 0. The molecule has 0 spiro atoms. The predicted molar refractivity (Wildman–Crippen MR) is 57.4 cm³/mol. The highest BCUT2D eigenvalue weighted by atomic mass is 16.6. The van der Waals surface area contributed by atoms with Crippen molar-refractivity contribution in [2.75, 3.05) is 0 Å². The van der Waals surface area contributed by atoms with Gasteiger partial charge in [-0.25, -0.2) is 0 Å². The normalized spacial score (nSPS) is 33.6. The minimum absolute atomic E-state index is 0.127. The fourth-order valence-corrected chi connectivity index (χ4v) is 2.88. The maximum Gasteiger partial charge on any atom is 0.158 e. The highest BCUT2D eigenvalue weighted by Gasteiger charge is 2.37. The third kappa shape index (κ3) is 1.40. The third-order valence-electron chi connectivity index (χ3n) is 3.78. The Balaban J connectivity index is 2.07. The van der Waals surface area contributed by atoms with E-state index in [-0.39, 0.29) is 6.10 Å². The predicted octanol–water partition coefficient (Wildman–Crippen LogP) is 2.34. The van der Waals surface area contributed by atoms with Gasteiger partial charge in [-0.1, -0.05) is 18.2 Å². The molecule has 80 valence electrons. The summed E-state index contributed by atoms with van der Waals surface area (Å²) in [6, 6.07) is 6.39. The van der Waals surface area contributed by atoms with Gasteiger partial charge in [-0.15, -0.1) is 0 Å². The highest BCUT2D eigenvalue weighted by molar-refractivity contribution is 5.37. The van der Waals surface area contributed by atoms with Gasteiger partial charge in [0.15, 0.2) is 6.29 Å². The molecule has 0 aromatic heterocycles. The molecule has 15 heavy (non-hydrogen) atoms. The van der Waals surface area contributed by atoms with E-state index in [0.29, 0.717) is 5.92 Å². The molecule has 2 bridgehead atoms. The number of hydrogen-bond acceptors (Lipinski definition) is 2. The van der Waals surface area contributed by atoms with Crippen molar-refractivity contribution >= 4 is 0 Å². The minimum atomic E-state index is -0.538. The number of aliphatic hydroxyl groups excluding tert-OH is 1. The van der Waals surface area contributed by atoms with Gasteiger partial charge in [-0.2, -0.15) is 0 Å². The van der Waals surface area contributed by atoms with Crippen LogP contribution in [-0.4, -0.2) is 11.4 Å². The van der Waals surface area contributed by atoms with Crippen LogP contribution in [0.25, 0.3) is 0 Å². The van der Waals surface area contributed by atoms with E-state index in [9.17, 15) is 5.11 Å². The van der Waals surface area contributed by atoms with Crippen LogP contribution >= 0.6 is 0 Å². The van der Waals surface area contributed by atoms with Crippen LogP contribution < -0.4 is 0 Å². The lowest BCUT2D eigenvalue weighted by Crippen LogP contribution is -2.17. The lowest BCUT2D eigenvalue weighted by Gasteiger charge is -2.19. The molecular weight excluding hydrogens is 188 g/mol. The van der Waals surface area contributed by atoms with E-state index in [1.165, 1.54) is 16.7 Å². The lowest BCUT2D eigenvalue weighted by molar-refractivity contribution is -0.112. The number of benzene rings is 1. The molecule has 0 saturated carbocycles. The third-order valence-corrected chi connectivity index (χ3v) is 3.78. The van der Waals surface area contributed by atoms with Gasteiger partial charge < -0.3 is 9.84 Å². The Labute approximate surface area is 89.9 Å². The second-order valence-corrected chi connectivity index (χ2v) is 4.69. The molecular formula is C13H16O2. The zero-order valence-corrected chi connectivity index (χ0v) is 8.94. The number of ether oxygens (including phenoxy) is 1. The lowest BCUT2D eigenvalue weighted by atomic mass is 9.96. The Kier molecular flexibility index (Phi) is 2.08. The molecule has 3 rings (SSSR count). The molecule has 0 amide bonds. The summed E-state index contributed by atoms with van der Waals surface area (Å²) in [6.45, 7) is 2.16. The van der Waals surface area contributed by atoms with E-state index < -0.39 is 6.29 Å². The first kappa shape index (κ1) is 9.37. The van der Waals surface area contributed by atoms with Gasteiger partial charge >= 0.3 is 0 Å². The first-order valence-electron chi connectivity index (χ1n) is 5.67. The smallest absolute Gasteiger partial charge is 0.158 e. The van der Waals surface area contributed by atoms with Gasteiger partial charge in [0.1, 0.15) is 0 Å². The van der Waals surface area contributed by atoms with Gasteiger partial charge in [-0.05, 0) is 42.9 Å². The van der Waals surface area contributed by atoms with Crippen LogP contribution in [0.5, 0.6) is 0 Å². The molecule has 1 aliphatic heterocycles. The van der Waals surface area contributed by atoms with E-state index in [1.54, 1.807) is 0 Å². The Morgan fingerprint density at radius 2 is 2.27 bits per heavy atom. The van der Waals surface area contributed by atoms with Crippen molar-refractivity contribution in [1.29, 1.82) is 0 Å². The Morgan fingerprint density at radius 3 is 3.13 bits per heavy atom. The van der Waals surface area contributed by atoms with Crippen LogP contribution in [0.15, 0.2) is 18.2 Å². The molecule has 1 saturated heterocycles. The van der Waals surface area contributed by atoms with Crippen LogP contribution in [0.3, 0.4) is 0 Å². The minimum Gasteiger partial charge on any atom is -0.368 e. The van der Waals surface area contributed by atoms with E-state index in [0.717, 1.165) is 19.3 Å². The quantitative estimate of drug-likeness (QED) is 0.703. The maximum absolute atomic E-state index is 9.70. The van der Waals surface area contributed by atoms with E-state index in [4.69, 9.17) is 4.74 Å². The van der Waals surface area contributed by atoms with Crippen molar-refractivity contribution in [2.45, 2.75) is 38.6 Å². The van der Waals surface area contributed by atoms with Crippen molar-refractivity contribution in [3.63, 3.8) is 0 Å². The fourth-order valence-electron chi connectivity index (χ4n) is 2.88. The molecule has 2 unspecified atom stereocenters. The van der Waals surface area contributed by atoms with Crippen molar-refractivity contribution in [1.82, 2.24) is 0 Å². The van der Waals surface area contributed by atoms with Crippen LogP contribution in [0, 0.1) is 12.8 Å². The number of fused-ring (bicyclic) bond motifs is 4. The maximum atomic E-state index is 9.70. The van der Waals surface area contributed by atoms with Crippen molar-refractivity contribution in [2.24, 2.45) is 5.92 Å². The summed E-state index contributed by atoms with van der Waals surface area (Å²) in [5, 5.41) is 9.70. The fraction of sp³-hybridized carbons (Fsp3) is 0.538. The van der Waals surface area contributed by atoms with Crippen molar-refractivity contribution in [3.8, 4) is 0 Å². The number of aryl methyl sites for hydroxylation is 1. The molecule has 1 aromatic rings. The molecule has 1 heterocycles. The SMILES string of the molecule is Cc1cccc2c1CCC1C[C@@H]2OC1O. The number of rotatable bonds is 0. The molecule has 1 aliphatic carbocycles. The van der Waals surface area contributed by atoms with Gasteiger partial charge in [0.05, 0.1) is 6.10 Å². The van der Waals surface area contributed by atoms with Crippen molar-refractivity contribution in [3.05, 3.63) is 34.9 Å². The van der Waals surface area contributed by atoms with E-state index in [1.807, 2.05) is 0 Å². The first-order chi connectivity index (χ1) is 7.25. The molecule has 2 heteroatoms. The summed E-state index contributed by atoms with van der Waals surface area (Å²) in [6.07, 6.45) is 2.71. The van der Waals surface area contributed by atoms with Crippen molar-refractivity contribution < 1.29 is 9.84 Å². The van der Waals surface area contributed by atoms with Crippen LogP contribution in [0.2, 0.25) is 0 Å². The van der Waals surface area contributed by atoms with Crippen LogP contribution in [-0.2, 0) is 11.2 Å². The summed E-state index contributed by atoms with van der Waals surface area (Å²) in [7, 11) is 0. The summed E-state index contributed by atoms with van der Waals surface area (Å²) in [5.74, 6) is 0.335. The summed E-state index contributed by atoms with van der Waals surface area (Å²) < 4.78 is 5.60. The standard InChI is InChI=1S/C13H16O2/c1-8-3-2-4-11-10(8)6-5-9-7-12(11)15-13(9)14/h2-4,9,12-14H,5-7H2,1H3/t9?,12-,13?/m0/s1. The molecule has 1 N–H and O–H groups in total. The highest BCUT2D eigenvalue weighted by Crippen LogP contribution is 2.43. The average molecular weight is 204 g/mol. The Hall–Kier alpha value is -0.860. The van der Waals surface area contributed by atoms with Crippen LogP contribution in [0.4, 0.5) is 0 Å². The zero-order chi connectivity index (χ0) is 10.4. The molecule has 1 fully saturated rings. The van der Waals surface area contributed by atoms with Gasteiger partial charge in [0.2, 0.25) is 0 Å². The molecule has 3 atom stereocenters. The molecule has 2 aliphatic rings. The second-order valence-electron chi connectivity index (χ2n) is 4.69. The zero-order valence-electron chi connectivity index (χ0n) is 8.94. The molecule has 2 nitrogen and oxygen atoms in total. The summed E-state index contributed by atoms with van der Waals surface area (Å²) in [5.41, 5.74) is 4.10. The molecule has 1 aromatic carbocycles. The second kappa shape index (κ2) is 3.32. The average Bonchev–Trinajstić information content (AvgIpc) is 2.45. The van der Waals surface area contributed by atoms with Crippen LogP contribution in [0.1, 0.15) is 35.6 Å². The summed E-state index contributed by atoms with van der Waals surface area (Å²) in [4.78, 5) is 0. The van der Waals surface area contributed by atoms with E-state index >= 15 is 0 Å². The monoisotopic (exact) mass is 204 g/mol. The first-order valence-corrected chi connectivity index (χ1v) is 5.67. The van der Waals surface area contributed by atoms with Gasteiger partial charge in [-0.3, -0.25) is 0 Å². The largest absolute Gasteiger partial charge is 0.368 e. The Bertz CT molecular complexity index is 386. The number of hydrogen-bond donors (Lipinski definition) is 1. The topological polar surface area (TPSA) is 29.5 Å². The molecule has 0 radical (unpaired) electrons.